The number of esters is 1. The van der Waals surface area contributed by atoms with E-state index in [0.717, 1.165) is 0 Å². The maximum Gasteiger partial charge on any atom is 0.338 e. The van der Waals surface area contributed by atoms with Gasteiger partial charge in [-0.2, -0.15) is 0 Å². The predicted molar refractivity (Wildman–Crippen MR) is 96.0 cm³/mol. The van der Waals surface area contributed by atoms with E-state index >= 15 is 0 Å². The van der Waals surface area contributed by atoms with E-state index in [4.69, 9.17) is 32.4 Å². The van der Waals surface area contributed by atoms with E-state index in [-0.39, 0.29) is 6.61 Å². The molecule has 0 aliphatic carbocycles. The lowest BCUT2D eigenvalue weighted by Crippen LogP contribution is -2.17. The molecule has 1 aromatic heterocycles. The number of benzene rings is 2. The SMILES string of the molecule is CCC(O)COC(=O)c1ccc2nc(-c3cc(Cl)cc(Cl)c3)oc2c1. The molecule has 25 heavy (non-hydrogen) atoms. The van der Waals surface area contributed by atoms with E-state index in [9.17, 15) is 9.90 Å². The maximum atomic E-state index is 12.0. The van der Waals surface area contributed by atoms with E-state index in [0.29, 0.717) is 44.6 Å². The molecule has 0 bridgehead atoms. The van der Waals surface area contributed by atoms with Gasteiger partial charge in [0.05, 0.1) is 11.7 Å². The van der Waals surface area contributed by atoms with Crippen LogP contribution in [0.15, 0.2) is 40.8 Å². The van der Waals surface area contributed by atoms with E-state index in [1.165, 1.54) is 0 Å². The zero-order valence-corrected chi connectivity index (χ0v) is 14.8. The summed E-state index contributed by atoms with van der Waals surface area (Å²) in [6, 6.07) is 9.83. The van der Waals surface area contributed by atoms with Gasteiger partial charge in [-0.25, -0.2) is 9.78 Å². The van der Waals surface area contributed by atoms with Crippen molar-refractivity contribution in [3.8, 4) is 11.5 Å². The normalized spacial score (nSPS) is 12.3. The molecule has 0 aliphatic rings. The predicted octanol–water partition coefficient (Wildman–Crippen LogP) is 4.73. The minimum atomic E-state index is -0.669. The third kappa shape index (κ3) is 4.12. The summed E-state index contributed by atoms with van der Waals surface area (Å²) in [6.07, 6.45) is -0.155. The van der Waals surface area contributed by atoms with Crippen molar-refractivity contribution in [3.05, 3.63) is 52.0 Å². The van der Waals surface area contributed by atoms with Crippen LogP contribution in [0.2, 0.25) is 10.0 Å². The number of aliphatic hydroxyl groups excluding tert-OH is 1. The summed E-state index contributed by atoms with van der Waals surface area (Å²) in [4.78, 5) is 16.4. The van der Waals surface area contributed by atoms with Gasteiger partial charge in [-0.3, -0.25) is 0 Å². The minimum Gasteiger partial charge on any atom is -0.459 e. The number of aromatic nitrogens is 1. The van der Waals surface area contributed by atoms with E-state index in [1.807, 2.05) is 6.92 Å². The molecule has 7 heteroatoms. The van der Waals surface area contributed by atoms with Crippen LogP contribution in [0.25, 0.3) is 22.6 Å². The van der Waals surface area contributed by atoms with E-state index < -0.39 is 12.1 Å². The van der Waals surface area contributed by atoms with Crippen molar-refractivity contribution in [2.24, 2.45) is 0 Å². The molecule has 0 spiro atoms. The summed E-state index contributed by atoms with van der Waals surface area (Å²) in [6.45, 7) is 1.76. The van der Waals surface area contributed by atoms with Crippen molar-refractivity contribution in [1.82, 2.24) is 4.98 Å². The van der Waals surface area contributed by atoms with Crippen LogP contribution in [0, 0.1) is 0 Å². The van der Waals surface area contributed by atoms with Crippen molar-refractivity contribution >= 4 is 40.3 Å². The number of ether oxygens (including phenoxy) is 1. The van der Waals surface area contributed by atoms with Gasteiger partial charge in [-0.15, -0.1) is 0 Å². The van der Waals surface area contributed by atoms with Gasteiger partial charge >= 0.3 is 5.97 Å². The number of nitrogens with zero attached hydrogens (tertiary/aromatic N) is 1. The summed E-state index contributed by atoms with van der Waals surface area (Å²) in [7, 11) is 0. The maximum absolute atomic E-state index is 12.0. The summed E-state index contributed by atoms with van der Waals surface area (Å²) in [5.74, 6) is -0.176. The lowest BCUT2D eigenvalue weighted by atomic mass is 10.2. The van der Waals surface area contributed by atoms with Crippen molar-refractivity contribution in [2.75, 3.05) is 6.61 Å². The number of hydrogen-bond acceptors (Lipinski definition) is 5. The average Bonchev–Trinajstić information content (AvgIpc) is 3.01. The molecule has 0 radical (unpaired) electrons. The molecule has 1 unspecified atom stereocenters. The molecule has 5 nitrogen and oxygen atoms in total. The zero-order valence-electron chi connectivity index (χ0n) is 13.3. The number of rotatable bonds is 5. The lowest BCUT2D eigenvalue weighted by Gasteiger charge is -2.08. The molecule has 1 N–H and O–H groups in total. The van der Waals surface area contributed by atoms with Gasteiger partial charge in [0.25, 0.3) is 0 Å². The van der Waals surface area contributed by atoms with Gasteiger partial charge in [-0.1, -0.05) is 30.1 Å². The molecule has 3 aromatic rings. The van der Waals surface area contributed by atoms with Crippen LogP contribution >= 0.6 is 23.2 Å². The Morgan fingerprint density at radius 2 is 1.96 bits per heavy atom. The Morgan fingerprint density at radius 1 is 1.24 bits per heavy atom. The average molecular weight is 380 g/mol. The molecular weight excluding hydrogens is 365 g/mol. The number of oxazole rings is 1. The lowest BCUT2D eigenvalue weighted by molar-refractivity contribution is 0.0250. The van der Waals surface area contributed by atoms with Gasteiger partial charge in [-0.05, 0) is 42.8 Å². The molecule has 0 aliphatic heterocycles. The molecule has 1 atom stereocenters. The minimum absolute atomic E-state index is 0.0456. The fraction of sp³-hybridized carbons (Fsp3) is 0.222. The Bertz CT molecular complexity index is 902. The van der Waals surface area contributed by atoms with E-state index in [2.05, 4.69) is 4.98 Å². The summed E-state index contributed by atoms with van der Waals surface area (Å²) < 4.78 is 10.8. The van der Waals surface area contributed by atoms with Gasteiger partial charge < -0.3 is 14.3 Å². The third-order valence-electron chi connectivity index (χ3n) is 3.61. The molecule has 0 fully saturated rings. The van der Waals surface area contributed by atoms with Gasteiger partial charge in [0.2, 0.25) is 5.89 Å². The number of carbonyl (C=O) groups is 1. The quantitative estimate of drug-likeness (QED) is 0.648. The van der Waals surface area contributed by atoms with Crippen LogP contribution in [0.4, 0.5) is 0 Å². The Balaban J connectivity index is 1.87. The first-order valence-corrected chi connectivity index (χ1v) is 8.44. The molecule has 0 amide bonds. The number of aliphatic hydroxyl groups is 1. The van der Waals surface area contributed by atoms with Crippen molar-refractivity contribution in [1.29, 1.82) is 0 Å². The Labute approximate surface area is 154 Å². The highest BCUT2D eigenvalue weighted by molar-refractivity contribution is 6.35. The molecule has 1 heterocycles. The smallest absolute Gasteiger partial charge is 0.338 e. The third-order valence-corrected chi connectivity index (χ3v) is 4.05. The van der Waals surface area contributed by atoms with E-state index in [1.54, 1.807) is 36.4 Å². The molecule has 0 saturated heterocycles. The van der Waals surface area contributed by atoms with Crippen molar-refractivity contribution in [2.45, 2.75) is 19.4 Å². The largest absolute Gasteiger partial charge is 0.459 e. The first-order valence-electron chi connectivity index (χ1n) is 7.68. The standard InChI is InChI=1S/C18H15Cl2NO4/c1-2-14(22)9-24-18(23)10-3-4-15-16(7-10)25-17(21-15)11-5-12(19)8-13(20)6-11/h3-8,14,22H,2,9H2,1H3. The fourth-order valence-electron chi connectivity index (χ4n) is 2.23. The van der Waals surface area contributed by atoms with Gasteiger partial charge in [0, 0.05) is 15.6 Å². The Morgan fingerprint density at radius 3 is 2.64 bits per heavy atom. The first-order chi connectivity index (χ1) is 12.0. The number of hydrogen-bond donors (Lipinski definition) is 1. The zero-order chi connectivity index (χ0) is 18.0. The number of carbonyl (C=O) groups excluding carboxylic acids is 1. The molecule has 2 aromatic carbocycles. The monoisotopic (exact) mass is 379 g/mol. The number of fused-ring (bicyclic) bond motifs is 1. The number of halogens is 2. The molecule has 130 valence electrons. The Hall–Kier alpha value is -2.08. The topological polar surface area (TPSA) is 72.6 Å². The van der Waals surface area contributed by atoms with Gasteiger partial charge in [0.1, 0.15) is 12.1 Å². The van der Waals surface area contributed by atoms with Crippen LogP contribution in [-0.2, 0) is 4.74 Å². The highest BCUT2D eigenvalue weighted by atomic mass is 35.5. The molecular formula is C18H15Cl2NO4. The molecule has 3 rings (SSSR count). The Kier molecular flexibility index (Phi) is 5.27. The summed E-state index contributed by atoms with van der Waals surface area (Å²) in [5.41, 5.74) is 2.00. The summed E-state index contributed by atoms with van der Waals surface area (Å²) in [5, 5.41) is 10.4. The van der Waals surface area contributed by atoms with Crippen LogP contribution in [0.5, 0.6) is 0 Å². The first kappa shape index (κ1) is 17.7. The van der Waals surface area contributed by atoms with Crippen LogP contribution in [-0.4, -0.2) is 28.8 Å². The van der Waals surface area contributed by atoms with Crippen molar-refractivity contribution < 1.29 is 19.1 Å². The second-order valence-electron chi connectivity index (χ2n) is 5.52. The van der Waals surface area contributed by atoms with Gasteiger partial charge in [0.15, 0.2) is 5.58 Å². The summed E-state index contributed by atoms with van der Waals surface area (Å²) >= 11 is 12.0. The molecule has 0 saturated carbocycles. The van der Waals surface area contributed by atoms with Crippen molar-refractivity contribution in [3.63, 3.8) is 0 Å². The highest BCUT2D eigenvalue weighted by Gasteiger charge is 2.14. The van der Waals surface area contributed by atoms with Crippen LogP contribution < -0.4 is 0 Å². The second kappa shape index (κ2) is 7.44. The fourth-order valence-corrected chi connectivity index (χ4v) is 2.75. The van der Waals surface area contributed by atoms with Crippen LogP contribution in [0.3, 0.4) is 0 Å². The highest BCUT2D eigenvalue weighted by Crippen LogP contribution is 2.29. The van der Waals surface area contributed by atoms with Crippen LogP contribution in [0.1, 0.15) is 23.7 Å². The second-order valence-corrected chi connectivity index (χ2v) is 6.39.